The zero-order chi connectivity index (χ0) is 7.98. The second-order valence-electron chi connectivity index (χ2n) is 1.52. The van der Waals surface area contributed by atoms with Gasteiger partial charge in [-0.2, -0.15) is 0 Å². The van der Waals surface area contributed by atoms with E-state index in [0.717, 1.165) is 12.2 Å². The fourth-order valence-electron chi connectivity index (χ4n) is 0.329. The van der Waals surface area contributed by atoms with Gasteiger partial charge in [-0.3, -0.25) is 9.74 Å². The zero-order valence-electron chi connectivity index (χ0n) is 5.34. The van der Waals surface area contributed by atoms with Crippen LogP contribution in [0.25, 0.3) is 0 Å². The molecule has 0 heterocycles. The number of allylic oxidation sites excluding steroid dienone is 3. The van der Waals surface area contributed by atoms with Crippen LogP contribution in [0.5, 0.6) is 0 Å². The number of hydrogen-bond donors (Lipinski definition) is 0. The van der Waals surface area contributed by atoms with Crippen LogP contribution in [0.3, 0.4) is 0 Å². The Kier molecular flexibility index (Phi) is 3.87. The van der Waals surface area contributed by atoms with E-state index in [2.05, 4.69) is 18.1 Å². The molecule has 0 spiro atoms. The Morgan fingerprint density at radius 3 is 2.50 bits per heavy atom. The number of halogens is 1. The Hall–Kier alpha value is -1.38. The van der Waals surface area contributed by atoms with Crippen molar-refractivity contribution in [3.8, 4) is 0 Å². The summed E-state index contributed by atoms with van der Waals surface area (Å²) < 4.78 is 11.4. The average Bonchev–Trinajstić information content (AvgIpc) is 1.99. The Balaban J connectivity index is 4.23. The van der Waals surface area contributed by atoms with Crippen molar-refractivity contribution < 1.29 is 14.3 Å². The Morgan fingerprint density at radius 2 is 2.20 bits per heavy atom. The summed E-state index contributed by atoms with van der Waals surface area (Å²) in [6.07, 6.45) is 2.76. The summed E-state index contributed by atoms with van der Waals surface area (Å²) in [6.45, 7) is 6.50. The molecule has 0 fully saturated rings. The number of carbonyl (C=O) groups is 1. The standard InChI is InChI=1S/C7H7FO2/c1-3-7(10-8)4-6(2)5-9/h3-5H,1-2H2/b7-4+. The van der Waals surface area contributed by atoms with Crippen molar-refractivity contribution in [2.75, 3.05) is 0 Å². The van der Waals surface area contributed by atoms with Crippen LogP contribution in [0.15, 0.2) is 36.6 Å². The number of hydrogen-bond acceptors (Lipinski definition) is 2. The average molecular weight is 142 g/mol. The van der Waals surface area contributed by atoms with Gasteiger partial charge in [-0.25, -0.2) is 0 Å². The number of aldehydes is 1. The van der Waals surface area contributed by atoms with E-state index >= 15 is 0 Å². The summed E-state index contributed by atoms with van der Waals surface area (Å²) >= 11 is 0. The van der Waals surface area contributed by atoms with Gasteiger partial charge in [0.15, 0.2) is 5.76 Å². The van der Waals surface area contributed by atoms with E-state index in [1.165, 1.54) is 0 Å². The second kappa shape index (κ2) is 4.49. The summed E-state index contributed by atoms with van der Waals surface area (Å²) in [5, 5.41) is 0. The van der Waals surface area contributed by atoms with Gasteiger partial charge in [0.1, 0.15) is 6.29 Å². The van der Waals surface area contributed by atoms with Crippen LogP contribution < -0.4 is 0 Å². The van der Waals surface area contributed by atoms with Gasteiger partial charge in [0.25, 0.3) is 0 Å². The fourth-order valence-corrected chi connectivity index (χ4v) is 0.329. The summed E-state index contributed by atoms with van der Waals surface area (Å²) in [5.41, 5.74) is 0.132. The van der Waals surface area contributed by atoms with Crippen LogP contribution in [0.1, 0.15) is 0 Å². The fraction of sp³-hybridized carbons (Fsp3) is 0. The monoisotopic (exact) mass is 142 g/mol. The SMILES string of the molecule is C=C/C(=C\C(=C)C=O)OF. The Bertz CT molecular complexity index is 182. The molecular formula is C7H7FO2. The van der Waals surface area contributed by atoms with Crippen molar-refractivity contribution in [2.24, 2.45) is 0 Å². The Labute approximate surface area is 58.2 Å². The van der Waals surface area contributed by atoms with Crippen molar-refractivity contribution in [3.63, 3.8) is 0 Å². The maximum Gasteiger partial charge on any atom is 0.171 e. The molecule has 0 atom stereocenters. The van der Waals surface area contributed by atoms with Crippen molar-refractivity contribution in [3.05, 3.63) is 36.6 Å². The summed E-state index contributed by atoms with van der Waals surface area (Å²) in [6, 6.07) is 0. The molecule has 0 amide bonds. The first-order valence-electron chi connectivity index (χ1n) is 2.51. The third kappa shape index (κ3) is 2.81. The summed E-state index contributed by atoms with van der Waals surface area (Å²) in [7, 11) is 0. The molecule has 54 valence electrons. The van der Waals surface area contributed by atoms with Crippen LogP contribution >= 0.6 is 0 Å². The first-order valence-corrected chi connectivity index (χ1v) is 2.51. The third-order valence-electron chi connectivity index (χ3n) is 0.769. The van der Waals surface area contributed by atoms with Gasteiger partial charge in [-0.1, -0.05) is 13.2 Å². The largest absolute Gasteiger partial charge is 0.298 e. The molecule has 10 heavy (non-hydrogen) atoms. The predicted molar refractivity (Wildman–Crippen MR) is 35.7 cm³/mol. The molecule has 0 bridgehead atoms. The van der Waals surface area contributed by atoms with Crippen molar-refractivity contribution in [2.45, 2.75) is 0 Å². The summed E-state index contributed by atoms with van der Waals surface area (Å²) in [5.74, 6) is -0.128. The van der Waals surface area contributed by atoms with Gasteiger partial charge < -0.3 is 0 Å². The maximum absolute atomic E-state index is 11.4. The molecule has 0 aliphatic carbocycles. The zero-order valence-corrected chi connectivity index (χ0v) is 5.34. The van der Waals surface area contributed by atoms with Gasteiger partial charge >= 0.3 is 0 Å². The molecule has 0 radical (unpaired) electrons. The lowest BCUT2D eigenvalue weighted by molar-refractivity contribution is -0.104. The molecular weight excluding hydrogens is 135 g/mol. The quantitative estimate of drug-likeness (QED) is 0.258. The van der Waals surface area contributed by atoms with Gasteiger partial charge in [0.05, 0.1) is 0 Å². The summed E-state index contributed by atoms with van der Waals surface area (Å²) in [4.78, 5) is 13.2. The molecule has 2 nitrogen and oxygen atoms in total. The molecule has 0 rings (SSSR count). The highest BCUT2D eigenvalue weighted by molar-refractivity contribution is 5.76. The topological polar surface area (TPSA) is 26.3 Å². The molecule has 0 aromatic carbocycles. The smallest absolute Gasteiger partial charge is 0.171 e. The highest BCUT2D eigenvalue weighted by atomic mass is 19.3. The molecule has 0 unspecified atom stereocenters. The van der Waals surface area contributed by atoms with E-state index in [0.29, 0.717) is 6.29 Å². The molecule has 3 heteroatoms. The van der Waals surface area contributed by atoms with Crippen molar-refractivity contribution in [1.82, 2.24) is 0 Å². The van der Waals surface area contributed by atoms with Gasteiger partial charge in [-0.05, 0) is 12.2 Å². The van der Waals surface area contributed by atoms with Crippen LogP contribution in [0.4, 0.5) is 4.53 Å². The van der Waals surface area contributed by atoms with E-state index < -0.39 is 0 Å². The molecule has 0 aromatic rings. The van der Waals surface area contributed by atoms with Gasteiger partial charge in [0.2, 0.25) is 0 Å². The molecule has 0 aliphatic rings. The van der Waals surface area contributed by atoms with Crippen LogP contribution in [-0.4, -0.2) is 6.29 Å². The number of carbonyl (C=O) groups excluding carboxylic acids is 1. The lowest BCUT2D eigenvalue weighted by Gasteiger charge is -1.90. The van der Waals surface area contributed by atoms with Crippen LogP contribution in [0.2, 0.25) is 0 Å². The van der Waals surface area contributed by atoms with Crippen molar-refractivity contribution in [1.29, 1.82) is 0 Å². The Morgan fingerprint density at radius 1 is 1.60 bits per heavy atom. The minimum absolute atomic E-state index is 0.128. The van der Waals surface area contributed by atoms with Crippen LogP contribution in [0, 0.1) is 0 Å². The van der Waals surface area contributed by atoms with Crippen LogP contribution in [-0.2, 0) is 9.74 Å². The minimum atomic E-state index is -0.128. The molecule has 0 aromatic heterocycles. The van der Waals surface area contributed by atoms with Gasteiger partial charge in [-0.15, -0.1) is 0 Å². The highest BCUT2D eigenvalue weighted by Crippen LogP contribution is 2.01. The third-order valence-corrected chi connectivity index (χ3v) is 0.769. The van der Waals surface area contributed by atoms with E-state index in [1.54, 1.807) is 0 Å². The highest BCUT2D eigenvalue weighted by Gasteiger charge is 1.91. The second-order valence-corrected chi connectivity index (χ2v) is 1.52. The first kappa shape index (κ1) is 8.62. The molecule has 0 N–H and O–H groups in total. The van der Waals surface area contributed by atoms with Gasteiger partial charge in [0, 0.05) is 10.1 Å². The normalized spacial score (nSPS) is 10.3. The first-order chi connectivity index (χ1) is 4.74. The minimum Gasteiger partial charge on any atom is -0.298 e. The van der Waals surface area contributed by atoms with E-state index in [9.17, 15) is 9.32 Å². The van der Waals surface area contributed by atoms with E-state index in [1.807, 2.05) is 0 Å². The number of rotatable bonds is 4. The molecule has 0 saturated heterocycles. The lowest BCUT2D eigenvalue weighted by atomic mass is 10.3. The predicted octanol–water partition coefficient (Wildman–Crippen LogP) is 1.71. The van der Waals surface area contributed by atoms with E-state index in [4.69, 9.17) is 0 Å². The van der Waals surface area contributed by atoms with Crippen molar-refractivity contribution >= 4 is 6.29 Å². The lowest BCUT2D eigenvalue weighted by Crippen LogP contribution is -1.80. The molecule has 0 aliphatic heterocycles. The maximum atomic E-state index is 11.4. The molecule has 0 saturated carbocycles. The van der Waals surface area contributed by atoms with E-state index in [-0.39, 0.29) is 11.3 Å².